The molecular formula is C12H25NO2S. The Balaban J connectivity index is 2.17. The Hall–Kier alpha value is -0.0900. The molecule has 0 aromatic rings. The minimum Gasteiger partial charge on any atom is -0.314 e. The van der Waals surface area contributed by atoms with Gasteiger partial charge in [0.25, 0.3) is 0 Å². The molecular weight excluding hydrogens is 222 g/mol. The Morgan fingerprint density at radius 2 is 1.69 bits per heavy atom. The van der Waals surface area contributed by atoms with E-state index >= 15 is 0 Å². The molecule has 0 bridgehead atoms. The van der Waals surface area contributed by atoms with E-state index in [0.29, 0.717) is 11.8 Å². The van der Waals surface area contributed by atoms with Gasteiger partial charge in [-0.2, -0.15) is 0 Å². The van der Waals surface area contributed by atoms with Crippen LogP contribution in [0, 0.1) is 11.8 Å². The van der Waals surface area contributed by atoms with Crippen LogP contribution in [0.5, 0.6) is 0 Å². The highest BCUT2D eigenvalue weighted by atomic mass is 32.2. The fraction of sp³-hybridized carbons (Fsp3) is 1.00. The molecule has 3 nitrogen and oxygen atoms in total. The third-order valence-corrected chi connectivity index (χ3v) is 4.33. The third-order valence-electron chi connectivity index (χ3n) is 3.30. The van der Waals surface area contributed by atoms with Crippen molar-refractivity contribution < 1.29 is 8.42 Å². The van der Waals surface area contributed by atoms with Crippen molar-refractivity contribution in [3.05, 3.63) is 0 Å². The second-order valence-corrected chi connectivity index (χ2v) is 7.81. The minimum absolute atomic E-state index is 0.303. The SMILES string of the molecule is CC1CC(C)CC(NCCCS(C)(=O)=O)C1. The highest BCUT2D eigenvalue weighted by Gasteiger charge is 2.23. The van der Waals surface area contributed by atoms with Crippen molar-refractivity contribution in [2.24, 2.45) is 11.8 Å². The summed E-state index contributed by atoms with van der Waals surface area (Å²) >= 11 is 0. The Bertz CT molecular complexity index is 290. The lowest BCUT2D eigenvalue weighted by Gasteiger charge is -2.32. The van der Waals surface area contributed by atoms with Gasteiger partial charge in [0, 0.05) is 12.3 Å². The molecule has 0 saturated heterocycles. The normalized spacial score (nSPS) is 31.6. The lowest BCUT2D eigenvalue weighted by Crippen LogP contribution is -2.37. The van der Waals surface area contributed by atoms with Crippen LogP contribution in [-0.2, 0) is 9.84 Å². The number of sulfone groups is 1. The predicted molar refractivity (Wildman–Crippen MR) is 68.3 cm³/mol. The van der Waals surface area contributed by atoms with Crippen molar-refractivity contribution in [3.8, 4) is 0 Å². The summed E-state index contributed by atoms with van der Waals surface area (Å²) in [5.41, 5.74) is 0. The maximum absolute atomic E-state index is 11.0. The van der Waals surface area contributed by atoms with E-state index in [0.717, 1.165) is 24.8 Å². The Kier molecular flexibility index (Phi) is 5.25. The van der Waals surface area contributed by atoms with Crippen molar-refractivity contribution in [1.82, 2.24) is 5.32 Å². The molecule has 0 radical (unpaired) electrons. The highest BCUT2D eigenvalue weighted by molar-refractivity contribution is 7.90. The Morgan fingerprint density at radius 3 is 2.19 bits per heavy atom. The molecule has 4 heteroatoms. The first-order chi connectivity index (χ1) is 7.37. The van der Waals surface area contributed by atoms with Crippen LogP contribution < -0.4 is 5.32 Å². The van der Waals surface area contributed by atoms with E-state index in [1.807, 2.05) is 0 Å². The van der Waals surface area contributed by atoms with E-state index in [-0.39, 0.29) is 0 Å². The van der Waals surface area contributed by atoms with Gasteiger partial charge in [-0.15, -0.1) is 0 Å². The largest absolute Gasteiger partial charge is 0.314 e. The predicted octanol–water partition coefficient (Wildman–Crippen LogP) is 1.84. The Labute approximate surface area is 99.9 Å². The number of hydrogen-bond acceptors (Lipinski definition) is 3. The Morgan fingerprint density at radius 1 is 1.12 bits per heavy atom. The fourth-order valence-corrected chi connectivity index (χ4v) is 3.42. The van der Waals surface area contributed by atoms with Gasteiger partial charge in [0.1, 0.15) is 9.84 Å². The van der Waals surface area contributed by atoms with Gasteiger partial charge in [-0.1, -0.05) is 13.8 Å². The van der Waals surface area contributed by atoms with Gasteiger partial charge < -0.3 is 5.32 Å². The van der Waals surface area contributed by atoms with Crippen molar-refractivity contribution in [2.75, 3.05) is 18.6 Å². The summed E-state index contributed by atoms with van der Waals surface area (Å²) in [7, 11) is -2.79. The average molecular weight is 247 g/mol. The van der Waals surface area contributed by atoms with Gasteiger partial charge in [-0.05, 0) is 44.1 Å². The fourth-order valence-electron chi connectivity index (χ4n) is 2.75. The molecule has 1 rings (SSSR count). The quantitative estimate of drug-likeness (QED) is 0.754. The summed E-state index contributed by atoms with van der Waals surface area (Å²) in [6, 6.07) is 0.596. The van der Waals surface area contributed by atoms with Crippen LogP contribution in [0.2, 0.25) is 0 Å². The van der Waals surface area contributed by atoms with E-state index in [2.05, 4.69) is 19.2 Å². The molecule has 2 atom stereocenters. The molecule has 1 aliphatic rings. The van der Waals surface area contributed by atoms with Gasteiger partial charge in [-0.25, -0.2) is 8.42 Å². The molecule has 2 unspecified atom stereocenters. The molecule has 16 heavy (non-hydrogen) atoms. The van der Waals surface area contributed by atoms with Crippen molar-refractivity contribution in [1.29, 1.82) is 0 Å². The van der Waals surface area contributed by atoms with Crippen LogP contribution in [0.15, 0.2) is 0 Å². The second-order valence-electron chi connectivity index (χ2n) is 5.55. The van der Waals surface area contributed by atoms with Gasteiger partial charge in [0.2, 0.25) is 0 Å². The smallest absolute Gasteiger partial charge is 0.147 e. The molecule has 0 aromatic carbocycles. The lowest BCUT2D eigenvalue weighted by atomic mass is 9.80. The summed E-state index contributed by atoms with van der Waals surface area (Å²) in [6.07, 6.45) is 5.85. The molecule has 1 aliphatic carbocycles. The highest BCUT2D eigenvalue weighted by Crippen LogP contribution is 2.28. The van der Waals surface area contributed by atoms with Crippen molar-refractivity contribution in [2.45, 2.75) is 45.6 Å². The number of rotatable bonds is 5. The first-order valence-electron chi connectivity index (χ1n) is 6.28. The minimum atomic E-state index is -2.79. The van der Waals surface area contributed by atoms with Crippen LogP contribution in [0.1, 0.15) is 39.5 Å². The van der Waals surface area contributed by atoms with Crippen LogP contribution in [0.25, 0.3) is 0 Å². The molecule has 0 heterocycles. The first kappa shape index (κ1) is 14.0. The third kappa shape index (κ3) is 5.85. The lowest BCUT2D eigenvalue weighted by molar-refractivity contribution is 0.239. The van der Waals surface area contributed by atoms with Crippen LogP contribution in [0.3, 0.4) is 0 Å². The standard InChI is InChI=1S/C12H25NO2S/c1-10-7-11(2)9-12(8-10)13-5-4-6-16(3,14)15/h10-13H,4-9H2,1-3H3. The van der Waals surface area contributed by atoms with E-state index in [9.17, 15) is 8.42 Å². The van der Waals surface area contributed by atoms with Gasteiger partial charge >= 0.3 is 0 Å². The van der Waals surface area contributed by atoms with E-state index in [1.165, 1.54) is 25.5 Å². The maximum atomic E-state index is 11.0. The molecule has 0 spiro atoms. The molecule has 0 amide bonds. The molecule has 1 fully saturated rings. The summed E-state index contributed by atoms with van der Waals surface area (Å²) < 4.78 is 21.9. The number of nitrogens with one attached hydrogen (secondary N) is 1. The summed E-state index contributed by atoms with van der Waals surface area (Å²) in [5.74, 6) is 1.91. The van der Waals surface area contributed by atoms with Crippen LogP contribution in [0.4, 0.5) is 0 Å². The van der Waals surface area contributed by atoms with Crippen LogP contribution in [-0.4, -0.2) is 33.0 Å². The van der Waals surface area contributed by atoms with Crippen molar-refractivity contribution >= 4 is 9.84 Å². The van der Waals surface area contributed by atoms with Crippen LogP contribution >= 0.6 is 0 Å². The summed E-state index contributed by atoms with van der Waals surface area (Å²) in [6.45, 7) is 5.44. The topological polar surface area (TPSA) is 46.2 Å². The summed E-state index contributed by atoms with van der Waals surface area (Å²) in [4.78, 5) is 0. The number of hydrogen-bond donors (Lipinski definition) is 1. The molecule has 1 N–H and O–H groups in total. The van der Waals surface area contributed by atoms with Gasteiger partial charge in [0.15, 0.2) is 0 Å². The molecule has 96 valence electrons. The summed E-state index contributed by atoms with van der Waals surface area (Å²) in [5, 5.41) is 3.49. The molecule has 0 aliphatic heterocycles. The molecule has 1 saturated carbocycles. The van der Waals surface area contributed by atoms with E-state index < -0.39 is 9.84 Å². The zero-order valence-corrected chi connectivity index (χ0v) is 11.5. The van der Waals surface area contributed by atoms with Gasteiger partial charge in [-0.3, -0.25) is 0 Å². The first-order valence-corrected chi connectivity index (χ1v) is 8.34. The maximum Gasteiger partial charge on any atom is 0.147 e. The van der Waals surface area contributed by atoms with Gasteiger partial charge in [0.05, 0.1) is 5.75 Å². The monoisotopic (exact) mass is 247 g/mol. The van der Waals surface area contributed by atoms with Crippen molar-refractivity contribution in [3.63, 3.8) is 0 Å². The van der Waals surface area contributed by atoms with E-state index in [1.54, 1.807) is 0 Å². The molecule has 0 aromatic heterocycles. The zero-order valence-electron chi connectivity index (χ0n) is 10.7. The zero-order chi connectivity index (χ0) is 12.2. The average Bonchev–Trinajstić information content (AvgIpc) is 2.09. The van der Waals surface area contributed by atoms with E-state index in [4.69, 9.17) is 0 Å². The second kappa shape index (κ2) is 6.01.